The van der Waals surface area contributed by atoms with Crippen LogP contribution in [0.3, 0.4) is 0 Å². The molecular formula is C19H24N4O2. The predicted octanol–water partition coefficient (Wildman–Crippen LogP) is 3.14. The fourth-order valence-electron chi connectivity index (χ4n) is 2.77. The largest absolute Gasteiger partial charge is 0.494 e. The molecule has 0 bridgehead atoms. The van der Waals surface area contributed by atoms with Crippen LogP contribution in [0.4, 0.5) is 21.9 Å². The van der Waals surface area contributed by atoms with Gasteiger partial charge in [-0.25, -0.2) is 4.79 Å². The maximum atomic E-state index is 12.1. The molecule has 0 atom stereocenters. The summed E-state index contributed by atoms with van der Waals surface area (Å²) in [4.78, 5) is 14.4. The van der Waals surface area contributed by atoms with E-state index in [4.69, 9.17) is 4.74 Å². The average Bonchev–Trinajstić information content (AvgIpc) is 2.65. The van der Waals surface area contributed by atoms with Gasteiger partial charge in [-0.3, -0.25) is 0 Å². The third kappa shape index (κ3) is 4.87. The number of anilines is 3. The summed E-state index contributed by atoms with van der Waals surface area (Å²) in [5, 5.41) is 9.00. The topological polar surface area (TPSA) is 65.6 Å². The van der Waals surface area contributed by atoms with Crippen LogP contribution in [0.15, 0.2) is 48.5 Å². The minimum atomic E-state index is -0.265. The van der Waals surface area contributed by atoms with E-state index >= 15 is 0 Å². The lowest BCUT2D eigenvalue weighted by Crippen LogP contribution is -2.43. The predicted molar refractivity (Wildman–Crippen MR) is 102 cm³/mol. The molecule has 6 heteroatoms. The van der Waals surface area contributed by atoms with Gasteiger partial charge < -0.3 is 25.6 Å². The third-order valence-electron chi connectivity index (χ3n) is 4.03. The number of ether oxygens (including phenoxy) is 1. The molecule has 0 aliphatic carbocycles. The summed E-state index contributed by atoms with van der Waals surface area (Å²) in [7, 11) is 0. The standard InChI is InChI=1S/C19H24N4O2/c1-2-25-18-9-5-16(6-10-18)22-19(24)21-15-3-7-17(8-4-15)23-13-11-20-12-14-23/h3-10,20H,2,11-14H2,1H3,(H2,21,22,24). The number of piperazine rings is 1. The first-order valence-corrected chi connectivity index (χ1v) is 8.61. The lowest BCUT2D eigenvalue weighted by atomic mass is 10.2. The molecule has 1 aliphatic heterocycles. The molecule has 2 amide bonds. The van der Waals surface area contributed by atoms with Gasteiger partial charge in [-0.2, -0.15) is 0 Å². The quantitative estimate of drug-likeness (QED) is 0.782. The highest BCUT2D eigenvalue weighted by Crippen LogP contribution is 2.19. The summed E-state index contributed by atoms with van der Waals surface area (Å²) in [5.74, 6) is 0.789. The van der Waals surface area contributed by atoms with Crippen LogP contribution >= 0.6 is 0 Å². The Bertz CT molecular complexity index is 680. The second kappa shape index (κ2) is 8.39. The summed E-state index contributed by atoms with van der Waals surface area (Å²) in [5.41, 5.74) is 2.67. The molecule has 0 unspecified atom stereocenters. The molecule has 1 aliphatic rings. The number of hydrogen-bond acceptors (Lipinski definition) is 4. The molecule has 1 saturated heterocycles. The Morgan fingerprint density at radius 2 is 1.56 bits per heavy atom. The Labute approximate surface area is 148 Å². The van der Waals surface area contributed by atoms with Crippen molar-refractivity contribution in [2.75, 3.05) is 48.3 Å². The van der Waals surface area contributed by atoms with E-state index in [1.807, 2.05) is 55.5 Å². The lowest BCUT2D eigenvalue weighted by molar-refractivity contribution is 0.262. The van der Waals surface area contributed by atoms with E-state index in [1.165, 1.54) is 5.69 Å². The van der Waals surface area contributed by atoms with Crippen molar-refractivity contribution in [2.45, 2.75) is 6.92 Å². The summed E-state index contributed by atoms with van der Waals surface area (Å²) < 4.78 is 5.39. The molecule has 2 aromatic rings. The normalized spacial score (nSPS) is 14.0. The van der Waals surface area contributed by atoms with Gasteiger partial charge in [-0.05, 0) is 55.5 Å². The van der Waals surface area contributed by atoms with Gasteiger partial charge in [0.1, 0.15) is 5.75 Å². The van der Waals surface area contributed by atoms with Gasteiger partial charge in [0.15, 0.2) is 0 Å². The van der Waals surface area contributed by atoms with Gasteiger partial charge in [0, 0.05) is 43.2 Å². The first-order valence-electron chi connectivity index (χ1n) is 8.61. The lowest BCUT2D eigenvalue weighted by Gasteiger charge is -2.29. The van der Waals surface area contributed by atoms with Crippen molar-refractivity contribution in [2.24, 2.45) is 0 Å². The summed E-state index contributed by atoms with van der Waals surface area (Å²) in [6.07, 6.45) is 0. The molecule has 1 heterocycles. The van der Waals surface area contributed by atoms with Crippen LogP contribution < -0.4 is 25.6 Å². The van der Waals surface area contributed by atoms with Gasteiger partial charge in [0.05, 0.1) is 6.61 Å². The number of amides is 2. The molecule has 0 spiro atoms. The van der Waals surface area contributed by atoms with Gasteiger partial charge in [-0.15, -0.1) is 0 Å². The summed E-state index contributed by atoms with van der Waals surface area (Å²) in [6.45, 7) is 6.58. The van der Waals surface area contributed by atoms with E-state index in [0.29, 0.717) is 6.61 Å². The zero-order valence-corrected chi connectivity index (χ0v) is 14.4. The van der Waals surface area contributed by atoms with Gasteiger partial charge >= 0.3 is 6.03 Å². The Hall–Kier alpha value is -2.73. The van der Waals surface area contributed by atoms with E-state index in [-0.39, 0.29) is 6.03 Å². The number of nitrogens with one attached hydrogen (secondary N) is 3. The second-order valence-electron chi connectivity index (χ2n) is 5.82. The van der Waals surface area contributed by atoms with Crippen LogP contribution in [0, 0.1) is 0 Å². The molecule has 25 heavy (non-hydrogen) atoms. The number of urea groups is 1. The molecule has 6 nitrogen and oxygen atoms in total. The molecule has 132 valence electrons. The SMILES string of the molecule is CCOc1ccc(NC(=O)Nc2ccc(N3CCNCC3)cc2)cc1. The van der Waals surface area contributed by atoms with Crippen molar-refractivity contribution in [1.29, 1.82) is 0 Å². The Morgan fingerprint density at radius 1 is 1.00 bits per heavy atom. The minimum absolute atomic E-state index is 0.265. The van der Waals surface area contributed by atoms with Crippen LogP contribution in [-0.2, 0) is 0 Å². The van der Waals surface area contributed by atoms with E-state index in [9.17, 15) is 4.79 Å². The molecular weight excluding hydrogens is 316 g/mol. The second-order valence-corrected chi connectivity index (χ2v) is 5.82. The minimum Gasteiger partial charge on any atom is -0.494 e. The number of carbonyl (C=O) groups is 1. The van der Waals surface area contributed by atoms with E-state index in [0.717, 1.165) is 43.3 Å². The van der Waals surface area contributed by atoms with Crippen molar-refractivity contribution in [1.82, 2.24) is 5.32 Å². The maximum absolute atomic E-state index is 12.1. The number of carbonyl (C=O) groups excluding carboxylic acids is 1. The Morgan fingerprint density at radius 3 is 2.12 bits per heavy atom. The first kappa shape index (κ1) is 17.1. The highest BCUT2D eigenvalue weighted by molar-refractivity contribution is 5.99. The van der Waals surface area contributed by atoms with Crippen LogP contribution in [0.5, 0.6) is 5.75 Å². The zero-order valence-electron chi connectivity index (χ0n) is 14.4. The molecule has 0 aromatic heterocycles. The fraction of sp³-hybridized carbons (Fsp3) is 0.316. The van der Waals surface area contributed by atoms with Gasteiger partial charge in [0.2, 0.25) is 0 Å². The van der Waals surface area contributed by atoms with Crippen LogP contribution in [-0.4, -0.2) is 38.8 Å². The third-order valence-corrected chi connectivity index (χ3v) is 4.03. The highest BCUT2D eigenvalue weighted by Gasteiger charge is 2.10. The molecule has 3 N–H and O–H groups in total. The van der Waals surface area contributed by atoms with E-state index in [1.54, 1.807) is 0 Å². The molecule has 0 saturated carbocycles. The Kier molecular flexibility index (Phi) is 5.74. The smallest absolute Gasteiger partial charge is 0.323 e. The van der Waals surface area contributed by atoms with Crippen LogP contribution in [0.25, 0.3) is 0 Å². The van der Waals surface area contributed by atoms with Crippen LogP contribution in [0.2, 0.25) is 0 Å². The van der Waals surface area contributed by atoms with E-state index < -0.39 is 0 Å². The van der Waals surface area contributed by atoms with Gasteiger partial charge in [-0.1, -0.05) is 0 Å². The van der Waals surface area contributed by atoms with Crippen LogP contribution in [0.1, 0.15) is 6.92 Å². The average molecular weight is 340 g/mol. The fourth-order valence-corrected chi connectivity index (χ4v) is 2.77. The molecule has 3 rings (SSSR count). The first-order chi connectivity index (χ1) is 12.2. The molecule has 0 radical (unpaired) electrons. The number of nitrogens with zero attached hydrogens (tertiary/aromatic N) is 1. The highest BCUT2D eigenvalue weighted by atomic mass is 16.5. The summed E-state index contributed by atoms with van der Waals surface area (Å²) in [6, 6.07) is 15.0. The Balaban J connectivity index is 1.53. The van der Waals surface area contributed by atoms with Crippen molar-refractivity contribution in [3.63, 3.8) is 0 Å². The molecule has 2 aromatic carbocycles. The summed E-state index contributed by atoms with van der Waals surface area (Å²) >= 11 is 0. The van der Waals surface area contributed by atoms with Crippen molar-refractivity contribution < 1.29 is 9.53 Å². The van der Waals surface area contributed by atoms with Crippen molar-refractivity contribution >= 4 is 23.1 Å². The monoisotopic (exact) mass is 340 g/mol. The maximum Gasteiger partial charge on any atom is 0.323 e. The number of hydrogen-bond donors (Lipinski definition) is 3. The van der Waals surface area contributed by atoms with E-state index in [2.05, 4.69) is 20.9 Å². The van der Waals surface area contributed by atoms with Crippen molar-refractivity contribution in [3.05, 3.63) is 48.5 Å². The molecule has 1 fully saturated rings. The number of rotatable bonds is 5. The number of benzene rings is 2. The van der Waals surface area contributed by atoms with Crippen molar-refractivity contribution in [3.8, 4) is 5.75 Å². The van der Waals surface area contributed by atoms with Gasteiger partial charge in [0.25, 0.3) is 0 Å². The zero-order chi connectivity index (χ0) is 17.5.